The average molecular weight is 243 g/mol. The molecule has 0 saturated carbocycles. The van der Waals surface area contributed by atoms with E-state index >= 15 is 0 Å². The van der Waals surface area contributed by atoms with E-state index in [2.05, 4.69) is 9.97 Å². The van der Waals surface area contributed by atoms with Crippen molar-refractivity contribution in [3.05, 3.63) is 41.1 Å². The van der Waals surface area contributed by atoms with Gasteiger partial charge in [0.15, 0.2) is 5.78 Å². The van der Waals surface area contributed by atoms with Gasteiger partial charge in [0.05, 0.1) is 23.2 Å². The van der Waals surface area contributed by atoms with Crippen LogP contribution in [0.3, 0.4) is 0 Å². The third-order valence-electron chi connectivity index (χ3n) is 3.28. The quantitative estimate of drug-likeness (QED) is 0.826. The third kappa shape index (κ3) is 1.68. The van der Waals surface area contributed by atoms with Crippen molar-refractivity contribution >= 4 is 11.7 Å². The number of aromatic nitrogens is 2. The first-order valence-electron chi connectivity index (χ1n) is 5.84. The normalized spacial score (nSPS) is 18.7. The summed E-state index contributed by atoms with van der Waals surface area (Å²) < 4.78 is 5.37. The fourth-order valence-electron chi connectivity index (χ4n) is 2.52. The van der Waals surface area contributed by atoms with Gasteiger partial charge in [-0.25, -0.2) is 9.97 Å². The highest BCUT2D eigenvalue weighted by molar-refractivity contribution is 5.99. The molecule has 1 aliphatic carbocycles. The molecule has 0 bridgehead atoms. The number of aryl methyl sites for hydroxylation is 1. The number of ketones is 1. The lowest BCUT2D eigenvalue weighted by atomic mass is 9.84. The van der Waals surface area contributed by atoms with E-state index in [0.717, 1.165) is 11.5 Å². The van der Waals surface area contributed by atoms with Crippen LogP contribution in [0.1, 0.15) is 39.8 Å². The van der Waals surface area contributed by atoms with Crippen LogP contribution in [0.5, 0.6) is 0 Å². The largest absolute Gasteiger partial charge is 0.469 e. The van der Waals surface area contributed by atoms with Gasteiger partial charge in [-0.15, -0.1) is 0 Å². The molecule has 0 amide bonds. The van der Waals surface area contributed by atoms with Crippen LogP contribution in [-0.2, 0) is 6.42 Å². The first kappa shape index (κ1) is 11.0. The van der Waals surface area contributed by atoms with Crippen LogP contribution in [-0.4, -0.2) is 15.8 Å². The Morgan fingerprint density at radius 3 is 2.94 bits per heavy atom. The number of hydrogen-bond acceptors (Lipinski definition) is 5. The topological polar surface area (TPSA) is 82.0 Å². The molecular weight excluding hydrogens is 230 g/mol. The van der Waals surface area contributed by atoms with E-state index in [4.69, 9.17) is 10.2 Å². The number of carbonyl (C=O) groups is 1. The number of anilines is 1. The molecule has 5 nitrogen and oxygen atoms in total. The van der Waals surface area contributed by atoms with Crippen molar-refractivity contribution in [3.63, 3.8) is 0 Å². The summed E-state index contributed by atoms with van der Waals surface area (Å²) >= 11 is 0. The number of nitrogen functional groups attached to an aromatic ring is 1. The van der Waals surface area contributed by atoms with E-state index in [9.17, 15) is 4.79 Å². The molecule has 92 valence electrons. The maximum Gasteiger partial charge on any atom is 0.220 e. The van der Waals surface area contributed by atoms with Crippen molar-refractivity contribution in [2.75, 3.05) is 5.73 Å². The number of Topliss-reactive ketones (excluding diaryl/α,β-unsaturated/α-hetero) is 1. The Balaban J connectivity index is 2.04. The fourth-order valence-corrected chi connectivity index (χ4v) is 2.52. The first-order chi connectivity index (χ1) is 8.65. The van der Waals surface area contributed by atoms with Crippen LogP contribution in [0.2, 0.25) is 0 Å². The molecular formula is C13H13N3O2. The maximum absolute atomic E-state index is 12.2. The van der Waals surface area contributed by atoms with Crippen LogP contribution in [0.15, 0.2) is 22.8 Å². The van der Waals surface area contributed by atoms with Gasteiger partial charge in [-0.05, 0) is 19.1 Å². The lowest BCUT2D eigenvalue weighted by Gasteiger charge is -2.22. The number of carbonyl (C=O) groups excluding carboxylic acids is 1. The highest BCUT2D eigenvalue weighted by Crippen LogP contribution is 2.33. The molecule has 0 saturated heterocycles. The molecule has 3 rings (SSSR count). The molecule has 0 aromatic carbocycles. The molecule has 1 atom stereocenters. The lowest BCUT2D eigenvalue weighted by Crippen LogP contribution is -2.22. The summed E-state index contributed by atoms with van der Waals surface area (Å²) in [6, 6.07) is 3.72. The molecule has 2 aromatic heterocycles. The molecule has 1 aliphatic rings. The Bertz CT molecular complexity index is 605. The summed E-state index contributed by atoms with van der Waals surface area (Å²) in [6.07, 6.45) is 2.73. The van der Waals surface area contributed by atoms with Crippen LogP contribution in [0.25, 0.3) is 0 Å². The number of nitrogens with two attached hydrogens (primary N) is 1. The number of nitrogens with zero attached hydrogens (tertiary/aromatic N) is 2. The van der Waals surface area contributed by atoms with E-state index in [1.54, 1.807) is 13.2 Å². The van der Waals surface area contributed by atoms with Crippen molar-refractivity contribution in [3.8, 4) is 0 Å². The predicted molar refractivity (Wildman–Crippen MR) is 65.3 cm³/mol. The Hall–Kier alpha value is -2.17. The molecule has 18 heavy (non-hydrogen) atoms. The molecule has 5 heteroatoms. The monoisotopic (exact) mass is 243 g/mol. The van der Waals surface area contributed by atoms with Gasteiger partial charge in [0.1, 0.15) is 5.76 Å². The van der Waals surface area contributed by atoms with E-state index < -0.39 is 0 Å². The van der Waals surface area contributed by atoms with E-state index in [-0.39, 0.29) is 17.6 Å². The molecule has 2 N–H and O–H groups in total. The summed E-state index contributed by atoms with van der Waals surface area (Å²) in [5, 5.41) is 0. The second kappa shape index (κ2) is 3.94. The molecule has 2 heterocycles. The second-order valence-corrected chi connectivity index (χ2v) is 4.53. The summed E-state index contributed by atoms with van der Waals surface area (Å²) in [5.74, 6) is 1.16. The highest BCUT2D eigenvalue weighted by atomic mass is 16.3. The van der Waals surface area contributed by atoms with E-state index in [0.29, 0.717) is 24.1 Å². The minimum absolute atomic E-state index is 0.0497. The lowest BCUT2D eigenvalue weighted by molar-refractivity contribution is 0.0958. The SMILES string of the molecule is Cc1nc(N)nc2c1C(=O)CC(c1ccco1)C2. The smallest absolute Gasteiger partial charge is 0.220 e. The summed E-state index contributed by atoms with van der Waals surface area (Å²) in [7, 11) is 0. The molecule has 0 radical (unpaired) electrons. The number of hydrogen-bond donors (Lipinski definition) is 1. The van der Waals surface area contributed by atoms with Gasteiger partial charge in [0, 0.05) is 18.8 Å². The van der Waals surface area contributed by atoms with Crippen LogP contribution in [0, 0.1) is 6.92 Å². The van der Waals surface area contributed by atoms with Crippen LogP contribution < -0.4 is 5.73 Å². The van der Waals surface area contributed by atoms with E-state index in [1.165, 1.54) is 0 Å². The Kier molecular flexibility index (Phi) is 2.40. The van der Waals surface area contributed by atoms with Crippen molar-refractivity contribution in [1.82, 2.24) is 9.97 Å². The van der Waals surface area contributed by atoms with Gasteiger partial charge in [-0.3, -0.25) is 4.79 Å². The van der Waals surface area contributed by atoms with Gasteiger partial charge in [-0.1, -0.05) is 0 Å². The van der Waals surface area contributed by atoms with Gasteiger partial charge in [0.25, 0.3) is 0 Å². The molecule has 0 aliphatic heterocycles. The minimum atomic E-state index is 0.0497. The minimum Gasteiger partial charge on any atom is -0.469 e. The van der Waals surface area contributed by atoms with Gasteiger partial charge < -0.3 is 10.2 Å². The van der Waals surface area contributed by atoms with Crippen LogP contribution in [0.4, 0.5) is 5.95 Å². The zero-order valence-corrected chi connectivity index (χ0v) is 10.0. The second-order valence-electron chi connectivity index (χ2n) is 4.53. The number of fused-ring (bicyclic) bond motifs is 1. The molecule has 1 unspecified atom stereocenters. The van der Waals surface area contributed by atoms with Crippen molar-refractivity contribution < 1.29 is 9.21 Å². The Morgan fingerprint density at radius 2 is 2.22 bits per heavy atom. The summed E-state index contributed by atoms with van der Waals surface area (Å²) in [6.45, 7) is 1.79. The van der Waals surface area contributed by atoms with Crippen molar-refractivity contribution in [2.24, 2.45) is 0 Å². The Morgan fingerprint density at radius 1 is 1.39 bits per heavy atom. The van der Waals surface area contributed by atoms with Gasteiger partial charge >= 0.3 is 0 Å². The van der Waals surface area contributed by atoms with E-state index in [1.807, 2.05) is 12.1 Å². The number of rotatable bonds is 1. The maximum atomic E-state index is 12.2. The number of furan rings is 1. The zero-order chi connectivity index (χ0) is 12.7. The van der Waals surface area contributed by atoms with Gasteiger partial charge in [0.2, 0.25) is 5.95 Å². The molecule has 0 fully saturated rings. The average Bonchev–Trinajstić information content (AvgIpc) is 2.80. The zero-order valence-electron chi connectivity index (χ0n) is 10.0. The van der Waals surface area contributed by atoms with Crippen molar-refractivity contribution in [1.29, 1.82) is 0 Å². The van der Waals surface area contributed by atoms with Crippen molar-refractivity contribution in [2.45, 2.75) is 25.7 Å². The Labute approximate surface area is 104 Å². The standard InChI is InChI=1S/C13H13N3O2/c1-7-12-9(16-13(14)15-7)5-8(6-10(12)17)11-3-2-4-18-11/h2-4,8H,5-6H2,1H3,(H2,14,15,16). The highest BCUT2D eigenvalue weighted by Gasteiger charge is 2.30. The third-order valence-corrected chi connectivity index (χ3v) is 3.28. The predicted octanol–water partition coefficient (Wildman–Crippen LogP) is 1.87. The fraction of sp³-hybridized carbons (Fsp3) is 0.308. The van der Waals surface area contributed by atoms with Crippen LogP contribution >= 0.6 is 0 Å². The first-order valence-corrected chi connectivity index (χ1v) is 5.84. The summed E-state index contributed by atoms with van der Waals surface area (Å²) in [5.41, 5.74) is 7.67. The van der Waals surface area contributed by atoms with Gasteiger partial charge in [-0.2, -0.15) is 0 Å². The molecule has 0 spiro atoms. The summed E-state index contributed by atoms with van der Waals surface area (Å²) in [4.78, 5) is 20.4. The molecule has 2 aromatic rings.